The van der Waals surface area contributed by atoms with Crippen molar-refractivity contribution in [3.05, 3.63) is 18.2 Å². The van der Waals surface area contributed by atoms with E-state index in [-0.39, 0.29) is 12.3 Å². The third kappa shape index (κ3) is 5.23. The SMILES string of the molecule is COc1cc(OC(F)(F)F)ccc1NCC(O)CO. The second kappa shape index (κ2) is 6.48. The summed E-state index contributed by atoms with van der Waals surface area (Å²) in [5.41, 5.74) is 0.379. The lowest BCUT2D eigenvalue weighted by molar-refractivity contribution is -0.274. The van der Waals surface area contributed by atoms with Crippen molar-refractivity contribution in [3.8, 4) is 11.5 Å². The minimum Gasteiger partial charge on any atom is -0.494 e. The molecule has 0 radical (unpaired) electrons. The van der Waals surface area contributed by atoms with Crippen LogP contribution in [-0.4, -0.2) is 42.9 Å². The average Bonchev–Trinajstić information content (AvgIpc) is 2.34. The Morgan fingerprint density at radius 3 is 2.58 bits per heavy atom. The van der Waals surface area contributed by atoms with Crippen LogP contribution in [0.15, 0.2) is 18.2 Å². The van der Waals surface area contributed by atoms with Crippen LogP contribution in [0.3, 0.4) is 0 Å². The lowest BCUT2D eigenvalue weighted by atomic mass is 10.2. The number of aliphatic hydroxyl groups excluding tert-OH is 2. The summed E-state index contributed by atoms with van der Waals surface area (Å²) in [4.78, 5) is 0. The van der Waals surface area contributed by atoms with Gasteiger partial charge in [-0.3, -0.25) is 0 Å². The second-order valence-corrected chi connectivity index (χ2v) is 3.63. The summed E-state index contributed by atoms with van der Waals surface area (Å²) in [6, 6.07) is 3.51. The van der Waals surface area contributed by atoms with Crippen LogP contribution in [0.1, 0.15) is 0 Å². The zero-order valence-corrected chi connectivity index (χ0v) is 10.1. The molecule has 0 saturated heterocycles. The maximum Gasteiger partial charge on any atom is 0.573 e. The number of methoxy groups -OCH3 is 1. The molecule has 0 aliphatic carbocycles. The van der Waals surface area contributed by atoms with Crippen molar-refractivity contribution in [1.82, 2.24) is 0 Å². The smallest absolute Gasteiger partial charge is 0.494 e. The lowest BCUT2D eigenvalue weighted by Gasteiger charge is -2.15. The van der Waals surface area contributed by atoms with Crippen molar-refractivity contribution in [2.75, 3.05) is 25.6 Å². The van der Waals surface area contributed by atoms with Gasteiger partial charge in [0.05, 0.1) is 25.5 Å². The first kappa shape index (κ1) is 15.4. The highest BCUT2D eigenvalue weighted by molar-refractivity contribution is 5.59. The summed E-state index contributed by atoms with van der Waals surface area (Å²) in [5.74, 6) is -0.274. The van der Waals surface area contributed by atoms with Crippen LogP contribution in [0.2, 0.25) is 0 Å². The Kier molecular flexibility index (Phi) is 5.25. The highest BCUT2D eigenvalue weighted by Gasteiger charge is 2.31. The predicted molar refractivity (Wildman–Crippen MR) is 61.3 cm³/mol. The summed E-state index contributed by atoms with van der Waals surface area (Å²) >= 11 is 0. The molecule has 1 atom stereocenters. The van der Waals surface area contributed by atoms with E-state index in [4.69, 9.17) is 14.9 Å². The number of hydrogen-bond donors (Lipinski definition) is 3. The fourth-order valence-corrected chi connectivity index (χ4v) is 1.31. The normalized spacial score (nSPS) is 12.9. The van der Waals surface area contributed by atoms with Crippen LogP contribution in [0, 0.1) is 0 Å². The van der Waals surface area contributed by atoms with Crippen molar-refractivity contribution in [2.45, 2.75) is 12.5 Å². The molecular weight excluding hydrogens is 267 g/mol. The number of anilines is 1. The Morgan fingerprint density at radius 1 is 1.37 bits per heavy atom. The molecule has 1 unspecified atom stereocenters. The molecule has 5 nitrogen and oxygen atoms in total. The third-order valence-corrected chi connectivity index (χ3v) is 2.15. The number of nitrogens with one attached hydrogen (secondary N) is 1. The zero-order valence-electron chi connectivity index (χ0n) is 10.1. The van der Waals surface area contributed by atoms with Gasteiger partial charge in [0.1, 0.15) is 11.5 Å². The summed E-state index contributed by atoms with van der Waals surface area (Å²) in [7, 11) is 1.29. The van der Waals surface area contributed by atoms with Crippen molar-refractivity contribution >= 4 is 5.69 Å². The molecule has 8 heteroatoms. The lowest BCUT2D eigenvalue weighted by Crippen LogP contribution is -2.23. The van der Waals surface area contributed by atoms with E-state index in [9.17, 15) is 13.2 Å². The van der Waals surface area contributed by atoms with E-state index in [1.165, 1.54) is 13.2 Å². The number of alkyl halides is 3. The molecule has 1 rings (SSSR count). The first-order valence-electron chi connectivity index (χ1n) is 5.32. The van der Waals surface area contributed by atoms with Gasteiger partial charge >= 0.3 is 6.36 Å². The van der Waals surface area contributed by atoms with E-state index < -0.39 is 24.8 Å². The molecule has 3 N–H and O–H groups in total. The van der Waals surface area contributed by atoms with Crippen molar-refractivity contribution in [3.63, 3.8) is 0 Å². The highest BCUT2D eigenvalue weighted by atomic mass is 19.4. The summed E-state index contributed by atoms with van der Waals surface area (Å²) in [6.07, 6.45) is -5.75. The topological polar surface area (TPSA) is 71.0 Å². The Labute approximate surface area is 107 Å². The summed E-state index contributed by atoms with van der Waals surface area (Å²) in [6.45, 7) is -0.392. The van der Waals surface area contributed by atoms with Gasteiger partial charge in [-0.1, -0.05) is 0 Å². The number of benzene rings is 1. The molecule has 0 aliphatic heterocycles. The molecule has 0 bridgehead atoms. The molecule has 0 fully saturated rings. The van der Waals surface area contributed by atoms with Crippen molar-refractivity contribution in [2.24, 2.45) is 0 Å². The first-order chi connectivity index (χ1) is 8.85. The van der Waals surface area contributed by atoms with E-state index in [1.807, 2.05) is 0 Å². The van der Waals surface area contributed by atoms with E-state index in [0.29, 0.717) is 5.69 Å². The van der Waals surface area contributed by atoms with Crippen molar-refractivity contribution < 1.29 is 32.9 Å². The van der Waals surface area contributed by atoms with Crippen LogP contribution in [0.4, 0.5) is 18.9 Å². The minimum absolute atomic E-state index is 0.0341. The summed E-state index contributed by atoms with van der Waals surface area (Å²) < 4.78 is 44.8. The number of hydrogen-bond acceptors (Lipinski definition) is 5. The molecule has 19 heavy (non-hydrogen) atoms. The Balaban J connectivity index is 2.78. The third-order valence-electron chi connectivity index (χ3n) is 2.15. The second-order valence-electron chi connectivity index (χ2n) is 3.63. The fourth-order valence-electron chi connectivity index (χ4n) is 1.31. The molecule has 0 spiro atoms. The van der Waals surface area contributed by atoms with Gasteiger partial charge in [0.15, 0.2) is 0 Å². The van der Waals surface area contributed by atoms with E-state index in [0.717, 1.165) is 12.1 Å². The predicted octanol–water partition coefficient (Wildman–Crippen LogP) is 1.36. The molecular formula is C11H14F3NO4. The monoisotopic (exact) mass is 281 g/mol. The number of halogens is 3. The summed E-state index contributed by atoms with van der Waals surface area (Å²) in [5, 5.41) is 20.5. The number of rotatable bonds is 6. The molecule has 0 saturated carbocycles. The van der Waals surface area contributed by atoms with Crippen LogP contribution < -0.4 is 14.8 Å². The van der Waals surface area contributed by atoms with Gasteiger partial charge in [0.25, 0.3) is 0 Å². The Bertz CT molecular complexity index is 411. The number of aliphatic hydroxyl groups is 2. The quantitative estimate of drug-likeness (QED) is 0.734. The van der Waals surface area contributed by atoms with Crippen LogP contribution >= 0.6 is 0 Å². The molecule has 0 amide bonds. The number of ether oxygens (including phenoxy) is 2. The van der Waals surface area contributed by atoms with Gasteiger partial charge in [-0.05, 0) is 12.1 Å². The molecule has 1 aromatic carbocycles. The van der Waals surface area contributed by atoms with Gasteiger partial charge in [-0.2, -0.15) is 0 Å². The van der Waals surface area contributed by atoms with E-state index in [2.05, 4.69) is 10.1 Å². The highest BCUT2D eigenvalue weighted by Crippen LogP contribution is 2.31. The van der Waals surface area contributed by atoms with Crippen molar-refractivity contribution in [1.29, 1.82) is 0 Å². The Hall–Kier alpha value is -1.67. The maximum atomic E-state index is 12.0. The van der Waals surface area contributed by atoms with Crippen LogP contribution in [0.25, 0.3) is 0 Å². The van der Waals surface area contributed by atoms with Gasteiger partial charge < -0.3 is 25.0 Å². The molecule has 0 heterocycles. The van der Waals surface area contributed by atoms with Crippen LogP contribution in [0.5, 0.6) is 11.5 Å². The zero-order chi connectivity index (χ0) is 14.5. The average molecular weight is 281 g/mol. The molecule has 108 valence electrons. The molecule has 1 aromatic rings. The molecule has 0 aliphatic rings. The molecule has 0 aromatic heterocycles. The van der Waals surface area contributed by atoms with Gasteiger partial charge in [-0.15, -0.1) is 13.2 Å². The van der Waals surface area contributed by atoms with Gasteiger partial charge in [-0.25, -0.2) is 0 Å². The van der Waals surface area contributed by atoms with Gasteiger partial charge in [0, 0.05) is 12.6 Å². The van der Waals surface area contributed by atoms with Crippen LogP contribution in [-0.2, 0) is 0 Å². The first-order valence-corrected chi connectivity index (χ1v) is 5.32. The standard InChI is InChI=1S/C11H14F3NO4/c1-18-10-4-8(19-11(12,13)14)2-3-9(10)15-5-7(17)6-16/h2-4,7,15-17H,5-6H2,1H3. The van der Waals surface area contributed by atoms with Gasteiger partial charge in [0.2, 0.25) is 0 Å². The Morgan fingerprint density at radius 2 is 2.05 bits per heavy atom. The van der Waals surface area contributed by atoms with E-state index in [1.54, 1.807) is 0 Å². The van der Waals surface area contributed by atoms with E-state index >= 15 is 0 Å². The minimum atomic E-state index is -4.77. The largest absolute Gasteiger partial charge is 0.573 e. The fraction of sp³-hybridized carbons (Fsp3) is 0.455. The maximum absolute atomic E-state index is 12.0.